The van der Waals surface area contributed by atoms with E-state index in [1.54, 1.807) is 6.26 Å². The van der Waals surface area contributed by atoms with Crippen molar-refractivity contribution in [1.29, 1.82) is 0 Å². The van der Waals surface area contributed by atoms with Crippen LogP contribution in [0.4, 0.5) is 0 Å². The van der Waals surface area contributed by atoms with Crippen molar-refractivity contribution in [3.8, 4) is 0 Å². The molecule has 4 heteroatoms. The number of furan rings is 1. The molecule has 1 aromatic rings. The Labute approximate surface area is 98.0 Å². The normalized spacial score (nSPS) is 13.1. The van der Waals surface area contributed by atoms with Crippen LogP contribution < -0.4 is 5.32 Å². The summed E-state index contributed by atoms with van der Waals surface area (Å²) in [6.45, 7) is 5.17. The Hall–Kier alpha value is 0.0700. The van der Waals surface area contributed by atoms with Gasteiger partial charge in [0.1, 0.15) is 5.76 Å². The summed E-state index contributed by atoms with van der Waals surface area (Å²) in [5, 5.41) is 3.42. The third-order valence-electron chi connectivity index (χ3n) is 1.87. The van der Waals surface area contributed by atoms with Gasteiger partial charge in [-0.15, -0.1) is 0 Å². The second-order valence-corrected chi connectivity index (χ2v) is 5.31. The van der Waals surface area contributed by atoms with Gasteiger partial charge in [-0.2, -0.15) is 11.8 Å². The molecule has 0 radical (unpaired) electrons. The minimum absolute atomic E-state index is 0.525. The van der Waals surface area contributed by atoms with Gasteiger partial charge >= 0.3 is 0 Å². The maximum absolute atomic E-state index is 5.30. The van der Waals surface area contributed by atoms with Crippen LogP contribution in [-0.4, -0.2) is 17.5 Å². The first-order valence-corrected chi connectivity index (χ1v) is 6.71. The van der Waals surface area contributed by atoms with Crippen LogP contribution in [0.5, 0.6) is 0 Å². The molecule has 1 atom stereocenters. The number of thioether (sulfide) groups is 1. The second-order valence-electron chi connectivity index (χ2n) is 3.13. The van der Waals surface area contributed by atoms with Crippen molar-refractivity contribution in [2.75, 3.05) is 11.5 Å². The lowest BCUT2D eigenvalue weighted by molar-refractivity contribution is 0.464. The molecule has 0 aliphatic rings. The van der Waals surface area contributed by atoms with Crippen LogP contribution in [-0.2, 0) is 6.54 Å². The van der Waals surface area contributed by atoms with Crippen molar-refractivity contribution < 1.29 is 4.42 Å². The van der Waals surface area contributed by atoms with Gasteiger partial charge in [-0.25, -0.2) is 0 Å². The molecule has 80 valence electrons. The van der Waals surface area contributed by atoms with Crippen molar-refractivity contribution in [2.24, 2.45) is 0 Å². The van der Waals surface area contributed by atoms with E-state index in [0.29, 0.717) is 6.04 Å². The van der Waals surface area contributed by atoms with E-state index in [9.17, 15) is 0 Å². The Bertz CT molecular complexity index is 264. The lowest BCUT2D eigenvalue weighted by atomic mass is 10.3. The van der Waals surface area contributed by atoms with E-state index >= 15 is 0 Å². The van der Waals surface area contributed by atoms with Crippen molar-refractivity contribution >= 4 is 27.7 Å². The summed E-state index contributed by atoms with van der Waals surface area (Å²) in [6.07, 6.45) is 1.70. The lowest BCUT2D eigenvalue weighted by Crippen LogP contribution is -2.27. The molecule has 0 spiro atoms. The van der Waals surface area contributed by atoms with E-state index in [1.165, 1.54) is 5.75 Å². The van der Waals surface area contributed by atoms with E-state index in [1.807, 2.05) is 17.8 Å². The van der Waals surface area contributed by atoms with Gasteiger partial charge in [0.2, 0.25) is 0 Å². The average molecular weight is 278 g/mol. The van der Waals surface area contributed by atoms with Gasteiger partial charge < -0.3 is 9.73 Å². The molecule has 0 bridgehead atoms. The molecule has 2 nitrogen and oxygen atoms in total. The minimum atomic E-state index is 0.525. The third kappa shape index (κ3) is 4.07. The maximum Gasteiger partial charge on any atom is 0.131 e. The summed E-state index contributed by atoms with van der Waals surface area (Å²) in [7, 11) is 0. The molecule has 0 aliphatic heterocycles. The summed E-state index contributed by atoms with van der Waals surface area (Å²) < 4.78 is 6.34. The molecule has 0 fully saturated rings. The first-order chi connectivity index (χ1) is 6.74. The van der Waals surface area contributed by atoms with Gasteiger partial charge in [0.25, 0.3) is 0 Å². The fourth-order valence-corrected chi connectivity index (χ4v) is 2.12. The van der Waals surface area contributed by atoms with Crippen molar-refractivity contribution in [2.45, 2.75) is 26.4 Å². The molecular weight excluding hydrogens is 262 g/mol. The van der Waals surface area contributed by atoms with Crippen LogP contribution in [0.2, 0.25) is 0 Å². The van der Waals surface area contributed by atoms with Crippen LogP contribution in [0, 0.1) is 0 Å². The zero-order chi connectivity index (χ0) is 10.4. The highest BCUT2D eigenvalue weighted by molar-refractivity contribution is 9.10. The van der Waals surface area contributed by atoms with E-state index in [2.05, 4.69) is 35.1 Å². The maximum atomic E-state index is 5.30. The summed E-state index contributed by atoms with van der Waals surface area (Å²) in [6, 6.07) is 2.44. The van der Waals surface area contributed by atoms with Crippen LogP contribution in [0.15, 0.2) is 21.2 Å². The number of hydrogen-bond donors (Lipinski definition) is 1. The van der Waals surface area contributed by atoms with Crippen molar-refractivity contribution in [3.63, 3.8) is 0 Å². The first kappa shape index (κ1) is 12.1. The number of nitrogens with one attached hydrogen (secondary N) is 1. The van der Waals surface area contributed by atoms with Gasteiger partial charge in [0.15, 0.2) is 0 Å². The topological polar surface area (TPSA) is 25.2 Å². The number of hydrogen-bond acceptors (Lipinski definition) is 3. The van der Waals surface area contributed by atoms with E-state index in [4.69, 9.17) is 4.42 Å². The van der Waals surface area contributed by atoms with Gasteiger partial charge in [0, 0.05) is 11.8 Å². The molecule has 1 unspecified atom stereocenters. The van der Waals surface area contributed by atoms with Crippen molar-refractivity contribution in [1.82, 2.24) is 5.32 Å². The summed E-state index contributed by atoms with van der Waals surface area (Å²) >= 11 is 5.38. The van der Waals surface area contributed by atoms with Gasteiger partial charge in [-0.3, -0.25) is 0 Å². The lowest BCUT2D eigenvalue weighted by Gasteiger charge is -2.11. The van der Waals surface area contributed by atoms with Crippen molar-refractivity contribution in [3.05, 3.63) is 22.6 Å². The van der Waals surface area contributed by atoms with Gasteiger partial charge in [0.05, 0.1) is 17.3 Å². The smallest absolute Gasteiger partial charge is 0.131 e. The van der Waals surface area contributed by atoms with Crippen LogP contribution in [0.25, 0.3) is 0 Å². The predicted octanol–water partition coefficient (Wildman–Crippen LogP) is 3.27. The monoisotopic (exact) mass is 277 g/mol. The predicted molar refractivity (Wildman–Crippen MR) is 65.7 cm³/mol. The molecule has 0 aromatic carbocycles. The van der Waals surface area contributed by atoms with E-state index in [-0.39, 0.29) is 0 Å². The Morgan fingerprint density at radius 2 is 2.43 bits per heavy atom. The first-order valence-electron chi connectivity index (χ1n) is 4.77. The Kier molecular flexibility index (Phi) is 5.67. The van der Waals surface area contributed by atoms with Crippen LogP contribution in [0.3, 0.4) is 0 Å². The molecule has 1 N–H and O–H groups in total. The quantitative estimate of drug-likeness (QED) is 0.864. The molecule has 1 heterocycles. The highest BCUT2D eigenvalue weighted by Crippen LogP contribution is 2.17. The molecule has 0 aliphatic carbocycles. The summed E-state index contributed by atoms with van der Waals surface area (Å²) in [5.74, 6) is 3.30. The zero-order valence-corrected chi connectivity index (χ0v) is 11.0. The molecule has 0 saturated heterocycles. The van der Waals surface area contributed by atoms with Gasteiger partial charge in [-0.05, 0) is 34.7 Å². The molecule has 0 amide bonds. The fourth-order valence-electron chi connectivity index (χ4n) is 1.07. The Morgan fingerprint density at radius 1 is 1.64 bits per heavy atom. The SMILES string of the molecule is CCSCC(C)NCc1occc1Br. The molecule has 14 heavy (non-hydrogen) atoms. The number of rotatable bonds is 6. The zero-order valence-electron chi connectivity index (χ0n) is 8.55. The van der Waals surface area contributed by atoms with Crippen LogP contribution in [0.1, 0.15) is 19.6 Å². The highest BCUT2D eigenvalue weighted by Gasteiger charge is 2.05. The molecular formula is C10H16BrNOS. The largest absolute Gasteiger partial charge is 0.467 e. The summed E-state index contributed by atoms with van der Waals surface area (Å²) in [5.41, 5.74) is 0. The van der Waals surface area contributed by atoms with Gasteiger partial charge in [-0.1, -0.05) is 6.92 Å². The third-order valence-corrected chi connectivity index (χ3v) is 3.72. The number of halogens is 1. The van der Waals surface area contributed by atoms with Crippen LogP contribution >= 0.6 is 27.7 Å². The standard InChI is InChI=1S/C10H16BrNOS/c1-3-14-7-8(2)12-6-10-9(11)4-5-13-10/h4-5,8,12H,3,6-7H2,1-2H3. The Morgan fingerprint density at radius 3 is 3.00 bits per heavy atom. The Balaban J connectivity index is 2.23. The molecule has 0 saturated carbocycles. The second kappa shape index (κ2) is 6.53. The minimum Gasteiger partial charge on any atom is -0.467 e. The molecule has 1 aromatic heterocycles. The summed E-state index contributed by atoms with van der Waals surface area (Å²) in [4.78, 5) is 0. The van der Waals surface area contributed by atoms with E-state index in [0.717, 1.165) is 22.5 Å². The van der Waals surface area contributed by atoms with E-state index < -0.39 is 0 Å². The molecule has 1 rings (SSSR count). The average Bonchev–Trinajstić information content (AvgIpc) is 2.58. The fraction of sp³-hybridized carbons (Fsp3) is 0.600. The highest BCUT2D eigenvalue weighted by atomic mass is 79.9.